The third-order valence-electron chi connectivity index (χ3n) is 3.78. The summed E-state index contributed by atoms with van der Waals surface area (Å²) in [5, 5.41) is 0. The van der Waals surface area contributed by atoms with E-state index in [9.17, 15) is 4.79 Å². The van der Waals surface area contributed by atoms with Gasteiger partial charge in [0, 0.05) is 12.6 Å². The molecule has 4 nitrogen and oxygen atoms in total. The van der Waals surface area contributed by atoms with Crippen LogP contribution in [0.3, 0.4) is 0 Å². The molecule has 0 aliphatic carbocycles. The molecule has 0 aromatic heterocycles. The minimum absolute atomic E-state index is 0.286. The number of hydrogen-bond acceptors (Lipinski definition) is 3. The minimum Gasteiger partial charge on any atom is -0.497 e. The van der Waals surface area contributed by atoms with Gasteiger partial charge in [-0.2, -0.15) is 0 Å². The number of nitrogens with zero attached hydrogens (tertiary/aromatic N) is 1. The van der Waals surface area contributed by atoms with Crippen molar-refractivity contribution < 1.29 is 14.3 Å². The molecule has 2 rings (SSSR count). The minimum atomic E-state index is -0.488. The normalized spacial score (nSPS) is 18.1. The summed E-state index contributed by atoms with van der Waals surface area (Å²) in [5.74, 6) is 1.25. The number of anilines is 1. The van der Waals surface area contributed by atoms with Gasteiger partial charge in [-0.3, -0.25) is 4.90 Å². The average Bonchev–Trinajstić information content (AvgIpc) is 2.43. The Morgan fingerprint density at radius 3 is 2.67 bits per heavy atom. The maximum absolute atomic E-state index is 12.4. The van der Waals surface area contributed by atoms with Crippen LogP contribution in [-0.4, -0.2) is 25.3 Å². The van der Waals surface area contributed by atoms with Crippen LogP contribution in [0, 0.1) is 0 Å². The molecule has 116 valence electrons. The molecule has 1 heterocycles. The van der Waals surface area contributed by atoms with E-state index >= 15 is 0 Å². The van der Waals surface area contributed by atoms with E-state index in [-0.39, 0.29) is 6.09 Å². The zero-order chi connectivity index (χ0) is 15.6. The number of carbonyl (C=O) groups is 1. The zero-order valence-corrected chi connectivity index (χ0v) is 13.6. The van der Waals surface area contributed by atoms with Gasteiger partial charge in [0.25, 0.3) is 0 Å². The summed E-state index contributed by atoms with van der Waals surface area (Å²) in [6, 6.07) is 5.96. The SMILES string of the molecule is CC[C@@H]1CCN(C(=O)OC(C)(C)C)c2cc(OC)ccc21. The highest BCUT2D eigenvalue weighted by Gasteiger charge is 2.31. The fourth-order valence-electron chi connectivity index (χ4n) is 2.72. The summed E-state index contributed by atoms with van der Waals surface area (Å²) in [6.45, 7) is 8.53. The predicted octanol–water partition coefficient (Wildman–Crippen LogP) is 4.33. The molecule has 4 heteroatoms. The summed E-state index contributed by atoms with van der Waals surface area (Å²) in [6.07, 6.45) is 1.75. The largest absolute Gasteiger partial charge is 0.497 e. The van der Waals surface area contributed by atoms with E-state index in [1.165, 1.54) is 5.56 Å². The fraction of sp³-hybridized carbons (Fsp3) is 0.588. The third kappa shape index (κ3) is 3.49. The van der Waals surface area contributed by atoms with Crippen LogP contribution in [-0.2, 0) is 4.74 Å². The highest BCUT2D eigenvalue weighted by molar-refractivity contribution is 5.90. The van der Waals surface area contributed by atoms with Crippen molar-refractivity contribution in [1.29, 1.82) is 0 Å². The Morgan fingerprint density at radius 1 is 1.38 bits per heavy atom. The van der Waals surface area contributed by atoms with Crippen molar-refractivity contribution in [3.05, 3.63) is 23.8 Å². The van der Waals surface area contributed by atoms with E-state index in [1.807, 2.05) is 32.9 Å². The van der Waals surface area contributed by atoms with Crippen LogP contribution in [0.25, 0.3) is 0 Å². The Morgan fingerprint density at radius 2 is 2.10 bits per heavy atom. The quantitative estimate of drug-likeness (QED) is 0.814. The lowest BCUT2D eigenvalue weighted by Crippen LogP contribution is -2.40. The molecule has 0 fully saturated rings. The number of ether oxygens (including phenoxy) is 2. The fourth-order valence-corrected chi connectivity index (χ4v) is 2.72. The van der Waals surface area contributed by atoms with Crippen LogP contribution in [0.5, 0.6) is 5.75 Å². The molecule has 1 amide bonds. The summed E-state index contributed by atoms with van der Waals surface area (Å²) >= 11 is 0. The monoisotopic (exact) mass is 291 g/mol. The summed E-state index contributed by atoms with van der Waals surface area (Å²) in [5.41, 5.74) is 1.63. The first-order valence-electron chi connectivity index (χ1n) is 7.54. The Labute approximate surface area is 127 Å². The Bertz CT molecular complexity index is 519. The van der Waals surface area contributed by atoms with Crippen LogP contribution in [0.4, 0.5) is 10.5 Å². The number of benzene rings is 1. The van der Waals surface area contributed by atoms with Crippen molar-refractivity contribution in [2.75, 3.05) is 18.6 Å². The molecule has 1 aliphatic rings. The van der Waals surface area contributed by atoms with Crippen molar-refractivity contribution in [2.24, 2.45) is 0 Å². The molecule has 1 aromatic rings. The lowest BCUT2D eigenvalue weighted by molar-refractivity contribution is 0.0576. The van der Waals surface area contributed by atoms with E-state index in [1.54, 1.807) is 12.0 Å². The van der Waals surface area contributed by atoms with Gasteiger partial charge < -0.3 is 9.47 Å². The number of fused-ring (bicyclic) bond motifs is 1. The van der Waals surface area contributed by atoms with Gasteiger partial charge in [-0.15, -0.1) is 0 Å². The standard InChI is InChI=1S/C17H25NO3/c1-6-12-9-10-18(16(19)21-17(2,3)4)15-11-13(20-5)7-8-14(12)15/h7-8,11-12H,6,9-10H2,1-5H3/t12-/m1/s1. The van der Waals surface area contributed by atoms with E-state index < -0.39 is 5.60 Å². The maximum Gasteiger partial charge on any atom is 0.414 e. The van der Waals surface area contributed by atoms with Crippen molar-refractivity contribution in [1.82, 2.24) is 0 Å². The molecule has 0 N–H and O–H groups in total. The first-order valence-corrected chi connectivity index (χ1v) is 7.54. The number of carbonyl (C=O) groups excluding carboxylic acids is 1. The van der Waals surface area contributed by atoms with Crippen molar-refractivity contribution in [2.45, 2.75) is 52.1 Å². The number of hydrogen-bond donors (Lipinski definition) is 0. The Hall–Kier alpha value is -1.71. The zero-order valence-electron chi connectivity index (χ0n) is 13.6. The summed E-state index contributed by atoms with van der Waals surface area (Å²) in [7, 11) is 1.64. The van der Waals surface area contributed by atoms with Gasteiger partial charge in [0.05, 0.1) is 12.8 Å². The van der Waals surface area contributed by atoms with Crippen molar-refractivity contribution in [3.8, 4) is 5.75 Å². The van der Waals surface area contributed by atoms with Crippen LogP contribution in [0.1, 0.15) is 52.0 Å². The molecular weight excluding hydrogens is 266 g/mol. The van der Waals surface area contributed by atoms with Gasteiger partial charge in [0.2, 0.25) is 0 Å². The first kappa shape index (κ1) is 15.7. The van der Waals surface area contributed by atoms with Gasteiger partial charge in [-0.05, 0) is 51.2 Å². The molecular formula is C17H25NO3. The molecule has 21 heavy (non-hydrogen) atoms. The molecule has 0 spiro atoms. The summed E-state index contributed by atoms with van der Waals surface area (Å²) < 4.78 is 10.8. The van der Waals surface area contributed by atoms with Gasteiger partial charge in [-0.25, -0.2) is 4.79 Å². The van der Waals surface area contributed by atoms with Crippen LogP contribution in [0.2, 0.25) is 0 Å². The van der Waals surface area contributed by atoms with Crippen LogP contribution < -0.4 is 9.64 Å². The van der Waals surface area contributed by atoms with Gasteiger partial charge in [-0.1, -0.05) is 13.0 Å². The lowest BCUT2D eigenvalue weighted by atomic mass is 9.88. The molecule has 1 atom stereocenters. The van der Waals surface area contributed by atoms with E-state index in [0.29, 0.717) is 12.5 Å². The van der Waals surface area contributed by atoms with Crippen LogP contribution >= 0.6 is 0 Å². The number of methoxy groups -OCH3 is 1. The van der Waals surface area contributed by atoms with Crippen molar-refractivity contribution in [3.63, 3.8) is 0 Å². The number of rotatable bonds is 2. The third-order valence-corrected chi connectivity index (χ3v) is 3.78. The Balaban J connectivity index is 2.36. The van der Waals surface area contributed by atoms with Gasteiger partial charge in [0.1, 0.15) is 11.4 Å². The molecule has 1 aromatic carbocycles. The van der Waals surface area contributed by atoms with Crippen molar-refractivity contribution >= 4 is 11.8 Å². The molecule has 0 bridgehead atoms. The maximum atomic E-state index is 12.4. The highest BCUT2D eigenvalue weighted by atomic mass is 16.6. The van der Waals surface area contributed by atoms with E-state index in [4.69, 9.17) is 9.47 Å². The Kier molecular flexibility index (Phi) is 4.45. The molecule has 0 saturated heterocycles. The highest BCUT2D eigenvalue weighted by Crippen LogP contribution is 2.39. The second kappa shape index (κ2) is 5.96. The molecule has 0 saturated carbocycles. The smallest absolute Gasteiger partial charge is 0.414 e. The molecule has 0 radical (unpaired) electrons. The second-order valence-electron chi connectivity index (χ2n) is 6.45. The molecule has 1 aliphatic heterocycles. The van der Waals surface area contributed by atoms with E-state index in [2.05, 4.69) is 13.0 Å². The average molecular weight is 291 g/mol. The lowest BCUT2D eigenvalue weighted by Gasteiger charge is -2.35. The van der Waals surface area contributed by atoms with Gasteiger partial charge in [0.15, 0.2) is 0 Å². The van der Waals surface area contributed by atoms with Crippen LogP contribution in [0.15, 0.2) is 18.2 Å². The predicted molar refractivity (Wildman–Crippen MR) is 84.2 cm³/mol. The second-order valence-corrected chi connectivity index (χ2v) is 6.45. The molecule has 0 unspecified atom stereocenters. The summed E-state index contributed by atoms with van der Waals surface area (Å²) in [4.78, 5) is 14.2. The number of amides is 1. The van der Waals surface area contributed by atoms with E-state index in [0.717, 1.165) is 24.3 Å². The van der Waals surface area contributed by atoms with Gasteiger partial charge >= 0.3 is 6.09 Å². The topological polar surface area (TPSA) is 38.8 Å². The first-order chi connectivity index (χ1) is 9.85.